The van der Waals surface area contributed by atoms with E-state index in [0.717, 1.165) is 30.3 Å². The number of carbonyl (C=O) groups is 3. The summed E-state index contributed by atoms with van der Waals surface area (Å²) in [5, 5.41) is 8.97. The second-order valence-corrected chi connectivity index (χ2v) is 7.21. The standard InChI is InChI=1S/C21H13F5N4O4/c22-11-2-4-12(5-3-11)30-19(21(24,25)26)18(28-29-30)20(33)34-9-16(31)13-7-10-1-6-17(32)27-15(10)8-14(13)23/h2-5,7-8H,1,6,9H2,(H,27,32). The summed E-state index contributed by atoms with van der Waals surface area (Å²) in [4.78, 5) is 36.1. The summed E-state index contributed by atoms with van der Waals surface area (Å²) in [7, 11) is 0. The van der Waals surface area contributed by atoms with Crippen LogP contribution < -0.4 is 5.32 Å². The molecule has 2 aromatic carbocycles. The number of hydrogen-bond acceptors (Lipinski definition) is 6. The number of nitrogens with zero attached hydrogens (tertiary/aromatic N) is 3. The van der Waals surface area contributed by atoms with Crippen LogP contribution >= 0.6 is 0 Å². The Hall–Kier alpha value is -4.16. The van der Waals surface area contributed by atoms with Crippen molar-refractivity contribution in [3.8, 4) is 5.69 Å². The van der Waals surface area contributed by atoms with Gasteiger partial charge in [-0.25, -0.2) is 18.3 Å². The number of amides is 1. The van der Waals surface area contributed by atoms with Gasteiger partial charge >= 0.3 is 12.1 Å². The SMILES string of the molecule is O=C1CCc2cc(C(=O)COC(=O)c3nnn(-c4ccc(F)cc4)c3C(F)(F)F)c(F)cc2N1. The number of carbonyl (C=O) groups excluding carboxylic acids is 3. The molecular weight excluding hydrogens is 467 g/mol. The monoisotopic (exact) mass is 480 g/mol. The number of alkyl halides is 3. The van der Waals surface area contributed by atoms with Gasteiger partial charge in [0.15, 0.2) is 12.3 Å². The molecule has 0 saturated heterocycles. The molecule has 1 aliphatic heterocycles. The van der Waals surface area contributed by atoms with Crippen LogP contribution in [0.3, 0.4) is 0 Å². The highest BCUT2D eigenvalue weighted by Gasteiger charge is 2.42. The maximum atomic E-state index is 14.3. The van der Waals surface area contributed by atoms with Gasteiger partial charge in [-0.1, -0.05) is 5.21 Å². The minimum absolute atomic E-state index is 0.130. The van der Waals surface area contributed by atoms with Crippen molar-refractivity contribution in [2.24, 2.45) is 0 Å². The molecule has 0 unspecified atom stereocenters. The van der Waals surface area contributed by atoms with E-state index >= 15 is 0 Å². The zero-order valence-corrected chi connectivity index (χ0v) is 16.9. The van der Waals surface area contributed by atoms with Crippen LogP contribution in [0.4, 0.5) is 27.6 Å². The van der Waals surface area contributed by atoms with Gasteiger partial charge in [0.05, 0.1) is 11.3 Å². The number of hydrogen-bond donors (Lipinski definition) is 1. The average Bonchev–Trinajstić information content (AvgIpc) is 3.23. The van der Waals surface area contributed by atoms with Crippen molar-refractivity contribution in [3.05, 3.63) is 70.5 Å². The largest absolute Gasteiger partial charge is 0.452 e. The van der Waals surface area contributed by atoms with Crippen molar-refractivity contribution in [1.82, 2.24) is 15.0 Å². The number of esters is 1. The molecule has 2 heterocycles. The maximum absolute atomic E-state index is 14.3. The lowest BCUT2D eigenvalue weighted by molar-refractivity contribution is -0.143. The molecule has 0 fully saturated rings. The molecule has 34 heavy (non-hydrogen) atoms. The van der Waals surface area contributed by atoms with Crippen molar-refractivity contribution in [3.63, 3.8) is 0 Å². The van der Waals surface area contributed by atoms with Crippen molar-refractivity contribution < 1.29 is 41.1 Å². The van der Waals surface area contributed by atoms with Crippen LogP contribution in [-0.4, -0.2) is 39.3 Å². The van der Waals surface area contributed by atoms with Crippen molar-refractivity contribution >= 4 is 23.3 Å². The molecule has 1 aromatic heterocycles. The topological polar surface area (TPSA) is 103 Å². The number of Topliss-reactive ketones (excluding diaryl/α,β-unsaturated/α-hetero) is 1. The third-order valence-electron chi connectivity index (χ3n) is 4.93. The van der Waals surface area contributed by atoms with Gasteiger partial charge in [-0.15, -0.1) is 5.10 Å². The van der Waals surface area contributed by atoms with Gasteiger partial charge in [0.25, 0.3) is 0 Å². The molecule has 4 rings (SSSR count). The molecule has 1 aliphatic rings. The van der Waals surface area contributed by atoms with Gasteiger partial charge in [0.2, 0.25) is 17.4 Å². The normalized spacial score (nSPS) is 13.3. The number of anilines is 1. The number of nitrogens with one attached hydrogen (secondary N) is 1. The van der Waals surface area contributed by atoms with Crippen LogP contribution in [0.15, 0.2) is 36.4 Å². The maximum Gasteiger partial charge on any atom is 0.436 e. The van der Waals surface area contributed by atoms with E-state index in [9.17, 15) is 36.3 Å². The number of halogens is 5. The first kappa shape index (κ1) is 23.0. The molecule has 3 aromatic rings. The minimum Gasteiger partial charge on any atom is -0.452 e. The number of rotatable bonds is 5. The van der Waals surface area contributed by atoms with Crippen LogP contribution in [0.1, 0.15) is 38.5 Å². The van der Waals surface area contributed by atoms with E-state index in [1.165, 1.54) is 6.07 Å². The van der Waals surface area contributed by atoms with E-state index in [1.54, 1.807) is 0 Å². The molecule has 1 N–H and O–H groups in total. The first-order chi connectivity index (χ1) is 16.0. The van der Waals surface area contributed by atoms with Gasteiger partial charge in [0.1, 0.15) is 11.6 Å². The summed E-state index contributed by atoms with van der Waals surface area (Å²) in [6, 6.07) is 5.92. The van der Waals surface area contributed by atoms with Crippen LogP contribution in [-0.2, 0) is 22.1 Å². The zero-order chi connectivity index (χ0) is 24.6. The first-order valence-electron chi connectivity index (χ1n) is 9.66. The molecule has 0 bridgehead atoms. The number of benzene rings is 2. The molecule has 0 spiro atoms. The highest BCUT2D eigenvalue weighted by molar-refractivity contribution is 6.01. The fourth-order valence-electron chi connectivity index (χ4n) is 3.33. The fourth-order valence-corrected chi connectivity index (χ4v) is 3.33. The number of aryl methyl sites for hydroxylation is 1. The van der Waals surface area contributed by atoms with Crippen molar-refractivity contribution in [1.29, 1.82) is 0 Å². The quantitative estimate of drug-likeness (QED) is 0.341. The number of aromatic nitrogens is 3. The van der Waals surface area contributed by atoms with Gasteiger partial charge < -0.3 is 10.1 Å². The van der Waals surface area contributed by atoms with Crippen LogP contribution in [0, 0.1) is 11.6 Å². The Bertz CT molecular complexity index is 1300. The molecule has 176 valence electrons. The van der Waals surface area contributed by atoms with Crippen molar-refractivity contribution in [2.45, 2.75) is 19.0 Å². The molecule has 0 saturated carbocycles. The highest BCUT2D eigenvalue weighted by atomic mass is 19.4. The van der Waals surface area contributed by atoms with Gasteiger partial charge in [-0.3, -0.25) is 9.59 Å². The van der Waals surface area contributed by atoms with Crippen LogP contribution in [0.2, 0.25) is 0 Å². The number of fused-ring (bicyclic) bond motifs is 1. The van der Waals surface area contributed by atoms with Gasteiger partial charge in [-0.2, -0.15) is 13.2 Å². The first-order valence-corrected chi connectivity index (χ1v) is 9.66. The van der Waals surface area contributed by atoms with E-state index in [2.05, 4.69) is 20.4 Å². The summed E-state index contributed by atoms with van der Waals surface area (Å²) in [5.74, 6) is -4.63. The minimum atomic E-state index is -5.11. The molecular formula is C21H13F5N4O4. The molecule has 8 nitrogen and oxygen atoms in total. The summed E-state index contributed by atoms with van der Waals surface area (Å²) in [6.45, 7) is -1.07. The number of ether oxygens (including phenoxy) is 1. The highest BCUT2D eigenvalue weighted by Crippen LogP contribution is 2.33. The predicted molar refractivity (Wildman–Crippen MR) is 104 cm³/mol. The molecule has 13 heteroatoms. The fraction of sp³-hybridized carbons (Fsp3) is 0.190. The summed E-state index contributed by atoms with van der Waals surface area (Å²) in [5.41, 5.74) is -2.80. The summed E-state index contributed by atoms with van der Waals surface area (Å²) in [6.07, 6.45) is -4.72. The lowest BCUT2D eigenvalue weighted by atomic mass is 9.98. The lowest BCUT2D eigenvalue weighted by Gasteiger charge is -2.18. The number of ketones is 1. The van der Waals surface area contributed by atoms with E-state index in [0.29, 0.717) is 5.56 Å². The molecule has 0 atom stereocenters. The third-order valence-corrected chi connectivity index (χ3v) is 4.93. The second-order valence-electron chi connectivity index (χ2n) is 7.21. The lowest BCUT2D eigenvalue weighted by Crippen LogP contribution is -2.22. The molecule has 1 amide bonds. The second kappa shape index (κ2) is 8.65. The Labute approximate surface area is 187 Å². The van der Waals surface area contributed by atoms with Crippen molar-refractivity contribution in [2.75, 3.05) is 11.9 Å². The van der Waals surface area contributed by atoms with E-state index in [4.69, 9.17) is 0 Å². The van der Waals surface area contributed by atoms with Gasteiger partial charge in [0, 0.05) is 12.1 Å². The Morgan fingerprint density at radius 3 is 2.47 bits per heavy atom. The Morgan fingerprint density at radius 2 is 1.79 bits per heavy atom. The van der Waals surface area contributed by atoms with Crippen LogP contribution in [0.5, 0.6) is 0 Å². The smallest absolute Gasteiger partial charge is 0.436 e. The third kappa shape index (κ3) is 4.49. The van der Waals surface area contributed by atoms with E-state index in [1.807, 2.05) is 0 Å². The Kier molecular flexibility index (Phi) is 5.85. The molecule has 0 radical (unpaired) electrons. The Balaban J connectivity index is 1.55. The zero-order valence-electron chi connectivity index (χ0n) is 16.9. The molecule has 0 aliphatic carbocycles. The average molecular weight is 480 g/mol. The Morgan fingerprint density at radius 1 is 1.09 bits per heavy atom. The predicted octanol–water partition coefficient (Wildman–Crippen LogP) is 3.49. The van der Waals surface area contributed by atoms with Gasteiger partial charge in [-0.05, 0) is 48.4 Å². The summed E-state index contributed by atoms with van der Waals surface area (Å²) >= 11 is 0. The van der Waals surface area contributed by atoms with Crippen LogP contribution in [0.25, 0.3) is 5.69 Å². The summed E-state index contributed by atoms with van der Waals surface area (Å²) < 4.78 is 73.3. The van der Waals surface area contributed by atoms with E-state index in [-0.39, 0.29) is 34.8 Å². The van der Waals surface area contributed by atoms with E-state index < -0.39 is 53.1 Å².